The second kappa shape index (κ2) is 11.6. The van der Waals surface area contributed by atoms with Gasteiger partial charge >= 0.3 is 6.09 Å². The maximum Gasteiger partial charge on any atom is 0.409 e. The summed E-state index contributed by atoms with van der Waals surface area (Å²) in [5, 5.41) is 40.1. The van der Waals surface area contributed by atoms with Gasteiger partial charge in [0.2, 0.25) is 0 Å². The summed E-state index contributed by atoms with van der Waals surface area (Å²) in [7, 11) is 0. The minimum atomic E-state index is -1.20. The summed E-state index contributed by atoms with van der Waals surface area (Å²) < 4.78 is 13.3. The number of carbonyl (C=O) groups is 2. The molecule has 4 rings (SSSR count). The van der Waals surface area contributed by atoms with E-state index in [1.54, 1.807) is 75.5 Å². The lowest BCUT2D eigenvalue weighted by Gasteiger charge is -2.25. The second-order valence-corrected chi connectivity index (χ2v) is 9.25. The van der Waals surface area contributed by atoms with Crippen LogP contribution in [0, 0.1) is 18.3 Å². The van der Waals surface area contributed by atoms with Crippen LogP contribution in [0.15, 0.2) is 60.9 Å². The summed E-state index contributed by atoms with van der Waals surface area (Å²) in [4.78, 5) is 23.5. The molecular formula is C28H28N6O6. The van der Waals surface area contributed by atoms with Crippen molar-refractivity contribution >= 4 is 34.6 Å². The van der Waals surface area contributed by atoms with Gasteiger partial charge in [-0.25, -0.2) is 9.31 Å². The average molecular weight is 545 g/mol. The van der Waals surface area contributed by atoms with Crippen LogP contribution in [0.1, 0.15) is 25.0 Å². The van der Waals surface area contributed by atoms with Crippen molar-refractivity contribution in [1.29, 1.82) is 5.26 Å². The quantitative estimate of drug-likeness (QED) is 0.194. The van der Waals surface area contributed by atoms with E-state index in [-0.39, 0.29) is 19.1 Å². The van der Waals surface area contributed by atoms with E-state index in [1.165, 1.54) is 10.7 Å². The molecule has 206 valence electrons. The fourth-order valence-corrected chi connectivity index (χ4v) is 3.95. The van der Waals surface area contributed by atoms with E-state index in [0.717, 1.165) is 0 Å². The number of rotatable bonds is 10. The monoisotopic (exact) mass is 544 g/mol. The number of aliphatic hydroxyl groups is 1. The van der Waals surface area contributed by atoms with E-state index in [1.807, 2.05) is 0 Å². The fourth-order valence-electron chi connectivity index (χ4n) is 3.95. The number of anilines is 3. The van der Waals surface area contributed by atoms with Gasteiger partial charge in [-0.05, 0) is 57.2 Å². The number of carbonyl (C=O) groups excluding carboxylic acids is 1. The zero-order chi connectivity index (χ0) is 28.9. The summed E-state index contributed by atoms with van der Waals surface area (Å²) in [6.45, 7) is 4.98. The van der Waals surface area contributed by atoms with Crippen molar-refractivity contribution in [3.8, 4) is 23.3 Å². The largest absolute Gasteiger partial charge is 0.478 e. The van der Waals surface area contributed by atoms with Crippen molar-refractivity contribution < 1.29 is 29.3 Å². The summed E-state index contributed by atoms with van der Waals surface area (Å²) in [5.41, 5.74) is 1.82. The molecule has 0 aliphatic heterocycles. The lowest BCUT2D eigenvalue weighted by Crippen LogP contribution is -2.47. The molecule has 2 amide bonds. The van der Waals surface area contributed by atoms with Gasteiger partial charge in [0.15, 0.2) is 5.60 Å². The van der Waals surface area contributed by atoms with E-state index >= 15 is 0 Å². The van der Waals surface area contributed by atoms with E-state index < -0.39 is 11.7 Å². The number of benzene rings is 2. The van der Waals surface area contributed by atoms with Crippen LogP contribution in [-0.4, -0.2) is 50.6 Å². The molecule has 0 spiro atoms. The standard InChI is InChI=1S/C28H28N6O6/c1-17-23(33-27(37)38)16-34-25(17)24(18(14-29)15-31-34)32-19-7-9-20(10-8-19)39-21-5-4-6-22(13-21)40-28(2,3)26(36)30-11-12-35/h4-10,13,15-16,32-33,35H,11-12H2,1-3H3,(H,30,36)(H,37,38). The van der Waals surface area contributed by atoms with E-state index in [2.05, 4.69) is 27.1 Å². The van der Waals surface area contributed by atoms with E-state index in [4.69, 9.17) is 19.7 Å². The third-order valence-corrected chi connectivity index (χ3v) is 5.90. The van der Waals surface area contributed by atoms with Crippen LogP contribution in [0.4, 0.5) is 21.9 Å². The molecule has 0 saturated carbocycles. The molecule has 0 bridgehead atoms. The van der Waals surface area contributed by atoms with Crippen LogP contribution >= 0.6 is 0 Å². The minimum absolute atomic E-state index is 0.137. The Morgan fingerprint density at radius 3 is 2.52 bits per heavy atom. The summed E-state index contributed by atoms with van der Waals surface area (Å²) in [6, 6.07) is 16.0. The Labute approximate surface area is 229 Å². The maximum absolute atomic E-state index is 12.3. The normalized spacial score (nSPS) is 11.0. The number of nitriles is 1. The van der Waals surface area contributed by atoms with Crippen LogP contribution in [-0.2, 0) is 4.79 Å². The van der Waals surface area contributed by atoms with Crippen LogP contribution in [0.25, 0.3) is 5.52 Å². The first-order chi connectivity index (χ1) is 19.1. The Morgan fingerprint density at radius 2 is 1.85 bits per heavy atom. The molecule has 0 atom stereocenters. The van der Waals surface area contributed by atoms with Gasteiger partial charge in [-0.1, -0.05) is 6.07 Å². The van der Waals surface area contributed by atoms with Gasteiger partial charge in [0.05, 0.1) is 41.5 Å². The fraction of sp³-hybridized carbons (Fsp3) is 0.214. The predicted molar refractivity (Wildman–Crippen MR) is 147 cm³/mol. The second-order valence-electron chi connectivity index (χ2n) is 9.25. The molecule has 2 aromatic heterocycles. The first-order valence-corrected chi connectivity index (χ1v) is 12.3. The molecule has 0 unspecified atom stereocenters. The highest BCUT2D eigenvalue weighted by atomic mass is 16.5. The summed E-state index contributed by atoms with van der Waals surface area (Å²) in [5.74, 6) is 1.11. The summed E-state index contributed by atoms with van der Waals surface area (Å²) >= 11 is 0. The molecule has 0 radical (unpaired) electrons. The Hall–Kier alpha value is -5.28. The molecule has 4 aromatic rings. The van der Waals surface area contributed by atoms with E-state index in [9.17, 15) is 14.9 Å². The smallest absolute Gasteiger partial charge is 0.409 e. The Balaban J connectivity index is 1.51. The predicted octanol–water partition coefficient (Wildman–Crippen LogP) is 4.41. The third kappa shape index (κ3) is 6.23. The van der Waals surface area contributed by atoms with Crippen molar-refractivity contribution in [2.75, 3.05) is 23.8 Å². The minimum Gasteiger partial charge on any atom is -0.478 e. The van der Waals surface area contributed by atoms with Gasteiger partial charge in [0.1, 0.15) is 23.3 Å². The SMILES string of the molecule is Cc1c(NC(=O)O)cn2ncc(C#N)c(Nc3ccc(Oc4cccc(OC(C)(C)C(=O)NCCO)c4)cc3)c12. The lowest BCUT2D eigenvalue weighted by molar-refractivity contribution is -0.134. The first-order valence-electron chi connectivity index (χ1n) is 12.3. The van der Waals surface area contributed by atoms with Gasteiger partial charge in [-0.3, -0.25) is 10.1 Å². The van der Waals surface area contributed by atoms with Crippen LogP contribution in [0.5, 0.6) is 17.2 Å². The molecule has 0 aliphatic carbocycles. The number of amides is 2. The Kier molecular flexibility index (Phi) is 8.07. The van der Waals surface area contributed by atoms with Crippen LogP contribution in [0.2, 0.25) is 0 Å². The van der Waals surface area contributed by atoms with Crippen molar-refractivity contribution in [3.63, 3.8) is 0 Å². The zero-order valence-electron chi connectivity index (χ0n) is 22.1. The number of nitrogens with zero attached hydrogens (tertiary/aromatic N) is 3. The lowest BCUT2D eigenvalue weighted by atomic mass is 10.1. The van der Waals surface area contributed by atoms with Crippen molar-refractivity contribution in [2.24, 2.45) is 0 Å². The number of fused-ring (bicyclic) bond motifs is 1. The molecule has 5 N–H and O–H groups in total. The highest BCUT2D eigenvalue weighted by Gasteiger charge is 2.29. The molecule has 12 nitrogen and oxygen atoms in total. The topological polar surface area (TPSA) is 170 Å². The van der Waals surface area contributed by atoms with Crippen molar-refractivity contribution in [3.05, 3.63) is 72.1 Å². The van der Waals surface area contributed by atoms with Crippen molar-refractivity contribution in [1.82, 2.24) is 14.9 Å². The molecule has 2 heterocycles. The zero-order valence-corrected chi connectivity index (χ0v) is 22.1. The number of aromatic nitrogens is 2. The van der Waals surface area contributed by atoms with Crippen LogP contribution < -0.4 is 25.4 Å². The molecule has 12 heteroatoms. The first kappa shape index (κ1) is 27.7. The number of nitrogens with one attached hydrogen (secondary N) is 3. The van der Waals surface area contributed by atoms with E-state index in [0.29, 0.717) is 51.0 Å². The molecule has 40 heavy (non-hydrogen) atoms. The molecular weight excluding hydrogens is 516 g/mol. The van der Waals surface area contributed by atoms with Crippen molar-refractivity contribution in [2.45, 2.75) is 26.4 Å². The Morgan fingerprint density at radius 1 is 1.12 bits per heavy atom. The number of aryl methyl sites for hydroxylation is 1. The number of hydrogen-bond acceptors (Lipinski definition) is 8. The summed E-state index contributed by atoms with van der Waals surface area (Å²) in [6.07, 6.45) is 1.75. The molecule has 0 fully saturated rings. The molecule has 0 aliphatic rings. The van der Waals surface area contributed by atoms with Gasteiger partial charge in [-0.15, -0.1) is 0 Å². The maximum atomic E-state index is 12.3. The average Bonchev–Trinajstić information content (AvgIpc) is 3.23. The molecule has 0 saturated heterocycles. The van der Waals surface area contributed by atoms with Crippen LogP contribution in [0.3, 0.4) is 0 Å². The highest BCUT2D eigenvalue weighted by Crippen LogP contribution is 2.33. The van der Waals surface area contributed by atoms with Gasteiger partial charge in [-0.2, -0.15) is 10.4 Å². The Bertz CT molecular complexity index is 1590. The highest BCUT2D eigenvalue weighted by molar-refractivity contribution is 5.92. The number of ether oxygens (including phenoxy) is 2. The third-order valence-electron chi connectivity index (χ3n) is 5.90. The number of carboxylic acid groups (broad SMARTS) is 1. The molecule has 2 aromatic carbocycles. The van der Waals surface area contributed by atoms with Gasteiger partial charge in [0.25, 0.3) is 5.91 Å². The van der Waals surface area contributed by atoms with Gasteiger partial charge in [0, 0.05) is 23.9 Å². The van der Waals surface area contributed by atoms with Gasteiger partial charge < -0.3 is 30.3 Å². The number of aliphatic hydroxyl groups excluding tert-OH is 1. The number of hydrogen-bond donors (Lipinski definition) is 5.